The topological polar surface area (TPSA) is 57.6 Å². The van der Waals surface area contributed by atoms with Crippen LogP contribution in [0.5, 0.6) is 0 Å². The first-order chi connectivity index (χ1) is 15.0. The van der Waals surface area contributed by atoms with Crippen LogP contribution in [0.15, 0.2) is 60.7 Å². The van der Waals surface area contributed by atoms with Crippen LogP contribution >= 0.6 is 0 Å². The predicted molar refractivity (Wildman–Crippen MR) is 121 cm³/mol. The number of fused-ring (bicyclic) bond motifs is 1. The summed E-state index contributed by atoms with van der Waals surface area (Å²) in [6, 6.07) is 16.1. The molecule has 3 aromatic carbocycles. The quantitative estimate of drug-likeness (QED) is 0.425. The molecular weight excluding hydrogens is 393 g/mol. The van der Waals surface area contributed by atoms with E-state index in [1.165, 1.54) is 30.7 Å². The van der Waals surface area contributed by atoms with Gasteiger partial charge in [0.15, 0.2) is 5.78 Å². The molecule has 0 saturated carbocycles. The van der Waals surface area contributed by atoms with E-state index in [1.807, 2.05) is 30.3 Å². The predicted octanol–water partition coefficient (Wildman–Crippen LogP) is 5.49. The Hall–Kier alpha value is -3.47. The molecule has 4 nitrogen and oxygen atoms in total. The third-order valence-electron chi connectivity index (χ3n) is 5.71. The lowest BCUT2D eigenvalue weighted by molar-refractivity contribution is -0.131. The van der Waals surface area contributed by atoms with E-state index in [1.54, 1.807) is 0 Å². The first kappa shape index (κ1) is 20.8. The van der Waals surface area contributed by atoms with Crippen molar-refractivity contribution in [1.82, 2.24) is 0 Å². The van der Waals surface area contributed by atoms with Crippen LogP contribution in [0.1, 0.15) is 40.7 Å². The fourth-order valence-corrected chi connectivity index (χ4v) is 4.13. The monoisotopic (exact) mass is 417 g/mol. The second-order valence-electron chi connectivity index (χ2n) is 7.88. The minimum atomic E-state index is -1.08. The number of Topliss-reactive ketones (excluding diaryl/α,β-unsaturated/α-hetero) is 1. The Morgan fingerprint density at radius 1 is 1.00 bits per heavy atom. The Balaban J connectivity index is 1.69. The van der Waals surface area contributed by atoms with Crippen LogP contribution in [0.25, 0.3) is 16.8 Å². The van der Waals surface area contributed by atoms with Crippen LogP contribution in [-0.4, -0.2) is 29.9 Å². The van der Waals surface area contributed by atoms with Crippen LogP contribution in [0.3, 0.4) is 0 Å². The summed E-state index contributed by atoms with van der Waals surface area (Å²) in [6.45, 7) is 1.94. The highest BCUT2D eigenvalue weighted by Gasteiger charge is 2.18. The first-order valence-corrected chi connectivity index (χ1v) is 10.5. The van der Waals surface area contributed by atoms with Crippen LogP contribution in [0.2, 0.25) is 0 Å². The van der Waals surface area contributed by atoms with Gasteiger partial charge in [-0.2, -0.15) is 0 Å². The molecule has 158 valence electrons. The second kappa shape index (κ2) is 9.13. The number of benzene rings is 3. The minimum absolute atomic E-state index is 0.0893. The molecule has 0 atom stereocenters. The number of ketones is 1. The van der Waals surface area contributed by atoms with Gasteiger partial charge in [0.25, 0.3) is 0 Å². The van der Waals surface area contributed by atoms with Gasteiger partial charge >= 0.3 is 5.97 Å². The number of hydrogen-bond donors (Lipinski definition) is 1. The number of rotatable bonds is 6. The number of carboxylic acids is 1. The molecule has 0 amide bonds. The highest BCUT2D eigenvalue weighted by Crippen LogP contribution is 2.29. The third-order valence-corrected chi connectivity index (χ3v) is 5.71. The summed E-state index contributed by atoms with van der Waals surface area (Å²) in [5.74, 6) is -1.71. The number of aliphatic carboxylic acids is 1. The van der Waals surface area contributed by atoms with E-state index >= 15 is 0 Å². The SMILES string of the molecule is O=C(O)/C=C/c1ccc(F)c(CC(=O)c2cc(N3CCCCC3)cc3ccccc23)c1. The summed E-state index contributed by atoms with van der Waals surface area (Å²) in [4.78, 5) is 26.4. The summed E-state index contributed by atoms with van der Waals surface area (Å²) in [7, 11) is 0. The summed E-state index contributed by atoms with van der Waals surface area (Å²) < 4.78 is 14.4. The number of carboxylic acid groups (broad SMARTS) is 1. The van der Waals surface area contributed by atoms with Gasteiger partial charge in [0.1, 0.15) is 5.82 Å². The third kappa shape index (κ3) is 4.82. The van der Waals surface area contributed by atoms with Crippen LogP contribution < -0.4 is 4.90 Å². The van der Waals surface area contributed by atoms with Crippen LogP contribution in [0, 0.1) is 5.82 Å². The minimum Gasteiger partial charge on any atom is -0.478 e. The maximum Gasteiger partial charge on any atom is 0.328 e. The molecule has 1 aliphatic rings. The van der Waals surface area contributed by atoms with E-state index in [0.29, 0.717) is 11.1 Å². The summed E-state index contributed by atoms with van der Waals surface area (Å²) in [6.07, 6.45) is 5.79. The van der Waals surface area contributed by atoms with Crippen LogP contribution in [0.4, 0.5) is 10.1 Å². The average Bonchev–Trinajstić information content (AvgIpc) is 2.79. The molecule has 1 saturated heterocycles. The number of anilines is 1. The van der Waals surface area contributed by atoms with Gasteiger partial charge in [-0.1, -0.05) is 30.3 Å². The number of nitrogens with zero attached hydrogens (tertiary/aromatic N) is 1. The average molecular weight is 417 g/mol. The molecule has 4 rings (SSSR count). The number of halogens is 1. The van der Waals surface area contributed by atoms with Gasteiger partial charge in [-0.25, -0.2) is 9.18 Å². The fourth-order valence-electron chi connectivity index (χ4n) is 4.13. The number of hydrogen-bond acceptors (Lipinski definition) is 3. The first-order valence-electron chi connectivity index (χ1n) is 10.5. The highest BCUT2D eigenvalue weighted by atomic mass is 19.1. The lowest BCUT2D eigenvalue weighted by Crippen LogP contribution is -2.29. The molecule has 1 fully saturated rings. The Kier molecular flexibility index (Phi) is 6.12. The molecule has 1 aliphatic heterocycles. The van der Waals surface area contributed by atoms with E-state index in [-0.39, 0.29) is 17.8 Å². The molecule has 31 heavy (non-hydrogen) atoms. The maximum atomic E-state index is 14.4. The van der Waals surface area contributed by atoms with Gasteiger partial charge in [-0.15, -0.1) is 0 Å². The van der Waals surface area contributed by atoms with Crippen molar-refractivity contribution in [2.75, 3.05) is 18.0 Å². The molecule has 0 spiro atoms. The van der Waals surface area contributed by atoms with Crippen molar-refractivity contribution < 1.29 is 19.1 Å². The Morgan fingerprint density at radius 2 is 1.77 bits per heavy atom. The highest BCUT2D eigenvalue weighted by molar-refractivity contribution is 6.10. The van der Waals surface area contributed by atoms with Crippen molar-refractivity contribution in [2.45, 2.75) is 25.7 Å². The van der Waals surface area contributed by atoms with E-state index in [4.69, 9.17) is 5.11 Å². The zero-order chi connectivity index (χ0) is 21.8. The number of carbonyl (C=O) groups excluding carboxylic acids is 1. The second-order valence-corrected chi connectivity index (χ2v) is 7.88. The van der Waals surface area contributed by atoms with Gasteiger partial charge < -0.3 is 10.0 Å². The molecule has 1 heterocycles. The Labute approximate surface area is 180 Å². The molecule has 0 unspecified atom stereocenters. The van der Waals surface area contributed by atoms with Gasteiger partial charge in [0.2, 0.25) is 0 Å². The largest absolute Gasteiger partial charge is 0.478 e. The standard InChI is InChI=1S/C26H24FNO3/c27-24-10-8-18(9-11-26(30)31)14-20(24)16-25(29)23-17-21(28-12-4-1-5-13-28)15-19-6-2-3-7-22(19)23/h2-3,6-11,14-15,17H,1,4-5,12-13,16H2,(H,30,31)/b11-9+. The smallest absolute Gasteiger partial charge is 0.328 e. The van der Waals surface area contributed by atoms with E-state index in [0.717, 1.165) is 48.5 Å². The Bertz CT molecular complexity index is 1160. The normalized spacial score (nSPS) is 14.3. The van der Waals surface area contributed by atoms with Gasteiger partial charge in [0, 0.05) is 36.8 Å². The lowest BCUT2D eigenvalue weighted by Gasteiger charge is -2.29. The summed E-state index contributed by atoms with van der Waals surface area (Å²) in [5.41, 5.74) is 2.41. The van der Waals surface area contributed by atoms with Crippen molar-refractivity contribution in [3.63, 3.8) is 0 Å². The molecule has 0 aliphatic carbocycles. The van der Waals surface area contributed by atoms with Crippen molar-refractivity contribution in [1.29, 1.82) is 0 Å². The van der Waals surface area contributed by atoms with E-state index in [9.17, 15) is 14.0 Å². The molecule has 5 heteroatoms. The molecule has 0 radical (unpaired) electrons. The molecule has 0 aromatic heterocycles. The molecule has 3 aromatic rings. The number of piperidine rings is 1. The van der Waals surface area contributed by atoms with Gasteiger partial charge in [-0.05, 0) is 71.5 Å². The van der Waals surface area contributed by atoms with Gasteiger partial charge in [-0.3, -0.25) is 4.79 Å². The van der Waals surface area contributed by atoms with Crippen molar-refractivity contribution in [3.05, 3.63) is 83.2 Å². The zero-order valence-electron chi connectivity index (χ0n) is 17.2. The van der Waals surface area contributed by atoms with Crippen molar-refractivity contribution in [2.24, 2.45) is 0 Å². The summed E-state index contributed by atoms with van der Waals surface area (Å²) >= 11 is 0. The Morgan fingerprint density at radius 3 is 2.55 bits per heavy atom. The number of carbonyl (C=O) groups is 2. The lowest BCUT2D eigenvalue weighted by atomic mass is 9.95. The maximum absolute atomic E-state index is 14.4. The van der Waals surface area contributed by atoms with Crippen LogP contribution in [-0.2, 0) is 11.2 Å². The molecule has 0 bridgehead atoms. The van der Waals surface area contributed by atoms with Gasteiger partial charge in [0.05, 0.1) is 0 Å². The van der Waals surface area contributed by atoms with E-state index in [2.05, 4.69) is 11.0 Å². The molecular formula is C26H24FNO3. The van der Waals surface area contributed by atoms with Crippen molar-refractivity contribution >= 4 is 34.3 Å². The zero-order valence-corrected chi connectivity index (χ0v) is 17.2. The van der Waals surface area contributed by atoms with Crippen molar-refractivity contribution in [3.8, 4) is 0 Å². The fraction of sp³-hybridized carbons (Fsp3) is 0.231. The summed E-state index contributed by atoms with van der Waals surface area (Å²) in [5, 5.41) is 10.7. The molecule has 1 N–H and O–H groups in total. The van der Waals surface area contributed by atoms with E-state index < -0.39 is 11.8 Å².